The Morgan fingerprint density at radius 1 is 1.04 bits per heavy atom. The van der Waals surface area contributed by atoms with E-state index in [1.165, 1.54) is 0 Å². The molecule has 4 rings (SSSR count). The third-order valence-electron chi connectivity index (χ3n) is 4.24. The highest BCUT2D eigenvalue weighted by Crippen LogP contribution is 2.33. The second-order valence-electron chi connectivity index (χ2n) is 6.09. The SMILES string of the molecule is COc1ccccc1-c1nnc2n1N=C(c1ccc(N(C)C)cc1)CS2. The lowest BCUT2D eigenvalue weighted by Crippen LogP contribution is -2.14. The van der Waals surface area contributed by atoms with Crippen LogP contribution in [0, 0.1) is 0 Å². The third kappa shape index (κ3) is 2.94. The van der Waals surface area contributed by atoms with E-state index in [4.69, 9.17) is 9.84 Å². The second kappa shape index (κ2) is 6.84. The van der Waals surface area contributed by atoms with Crippen LogP contribution in [-0.4, -0.2) is 47.5 Å². The van der Waals surface area contributed by atoms with Crippen molar-refractivity contribution in [1.29, 1.82) is 0 Å². The predicted octanol–water partition coefficient (Wildman–Crippen LogP) is 3.38. The zero-order valence-corrected chi connectivity index (χ0v) is 15.7. The van der Waals surface area contributed by atoms with Crippen molar-refractivity contribution < 1.29 is 4.74 Å². The van der Waals surface area contributed by atoms with Crippen LogP contribution in [0.2, 0.25) is 0 Å². The molecular formula is C19H19N5OS. The van der Waals surface area contributed by atoms with Crippen molar-refractivity contribution in [1.82, 2.24) is 14.9 Å². The maximum atomic E-state index is 5.47. The molecular weight excluding hydrogens is 346 g/mol. The van der Waals surface area contributed by atoms with Gasteiger partial charge in [0.25, 0.3) is 0 Å². The van der Waals surface area contributed by atoms with Crippen molar-refractivity contribution in [2.24, 2.45) is 5.10 Å². The minimum atomic E-state index is 0.687. The largest absolute Gasteiger partial charge is 0.496 e. The fraction of sp³-hybridized carbons (Fsp3) is 0.211. The molecule has 0 amide bonds. The Morgan fingerprint density at radius 3 is 2.54 bits per heavy atom. The number of nitrogens with zero attached hydrogens (tertiary/aromatic N) is 5. The topological polar surface area (TPSA) is 55.5 Å². The minimum Gasteiger partial charge on any atom is -0.496 e. The molecule has 2 heterocycles. The Kier molecular flexibility index (Phi) is 4.38. The van der Waals surface area contributed by atoms with Gasteiger partial charge in [-0.3, -0.25) is 0 Å². The van der Waals surface area contributed by atoms with Gasteiger partial charge in [0.05, 0.1) is 18.4 Å². The monoisotopic (exact) mass is 365 g/mol. The third-order valence-corrected chi connectivity index (χ3v) is 5.17. The lowest BCUT2D eigenvalue weighted by Gasteiger charge is -2.16. The van der Waals surface area contributed by atoms with E-state index in [-0.39, 0.29) is 0 Å². The van der Waals surface area contributed by atoms with Crippen molar-refractivity contribution in [3.63, 3.8) is 0 Å². The van der Waals surface area contributed by atoms with Gasteiger partial charge < -0.3 is 9.64 Å². The Labute approximate surface area is 156 Å². The number of anilines is 1. The molecule has 3 aromatic rings. The van der Waals surface area contributed by atoms with Crippen LogP contribution in [0.25, 0.3) is 11.4 Å². The molecule has 0 fully saturated rings. The van der Waals surface area contributed by atoms with Crippen LogP contribution in [0.15, 0.2) is 58.8 Å². The zero-order valence-electron chi connectivity index (χ0n) is 14.9. The molecule has 26 heavy (non-hydrogen) atoms. The summed E-state index contributed by atoms with van der Waals surface area (Å²) in [6, 6.07) is 16.2. The van der Waals surface area contributed by atoms with Crippen molar-refractivity contribution in [3.05, 3.63) is 54.1 Å². The smallest absolute Gasteiger partial charge is 0.212 e. The number of aromatic nitrogens is 3. The molecule has 0 saturated carbocycles. The fourth-order valence-corrected chi connectivity index (χ4v) is 3.66. The standard InChI is InChI=1S/C19H19N5OS/c1-23(2)14-10-8-13(9-11-14)16-12-26-19-21-20-18(24(19)22-16)15-6-4-5-7-17(15)25-3/h4-11H,12H2,1-3H3. The first-order valence-corrected chi connectivity index (χ1v) is 9.23. The number of hydrogen-bond acceptors (Lipinski definition) is 6. The van der Waals surface area contributed by atoms with Gasteiger partial charge in [-0.1, -0.05) is 36.0 Å². The second-order valence-corrected chi connectivity index (χ2v) is 7.04. The van der Waals surface area contributed by atoms with Gasteiger partial charge >= 0.3 is 0 Å². The summed E-state index contributed by atoms with van der Waals surface area (Å²) in [7, 11) is 5.72. The van der Waals surface area contributed by atoms with Gasteiger partial charge in [-0.25, -0.2) is 0 Å². The first-order chi connectivity index (χ1) is 12.7. The molecule has 7 heteroatoms. The van der Waals surface area contributed by atoms with Crippen LogP contribution in [0.4, 0.5) is 5.69 Å². The average Bonchev–Trinajstić information content (AvgIpc) is 3.11. The maximum absolute atomic E-state index is 5.47. The summed E-state index contributed by atoms with van der Waals surface area (Å²) in [6.45, 7) is 0. The first kappa shape index (κ1) is 16.7. The number of benzene rings is 2. The number of hydrogen-bond donors (Lipinski definition) is 0. The van der Waals surface area contributed by atoms with Gasteiger partial charge in [-0.05, 0) is 29.8 Å². The molecule has 0 aliphatic carbocycles. The average molecular weight is 365 g/mol. The van der Waals surface area contributed by atoms with E-state index in [0.29, 0.717) is 5.82 Å². The Bertz CT molecular complexity index is 962. The minimum absolute atomic E-state index is 0.687. The fourth-order valence-electron chi connectivity index (χ4n) is 2.82. The molecule has 0 atom stereocenters. The Morgan fingerprint density at radius 2 is 1.81 bits per heavy atom. The number of fused-ring (bicyclic) bond motifs is 1. The lowest BCUT2D eigenvalue weighted by atomic mass is 10.1. The van der Waals surface area contributed by atoms with Gasteiger partial charge in [0.1, 0.15) is 5.75 Å². The highest BCUT2D eigenvalue weighted by atomic mass is 32.2. The summed E-state index contributed by atoms with van der Waals surface area (Å²) >= 11 is 1.64. The van der Waals surface area contributed by atoms with Crippen LogP contribution in [-0.2, 0) is 0 Å². The summed E-state index contributed by atoms with van der Waals surface area (Å²) in [5, 5.41) is 14.2. The number of para-hydroxylation sites is 1. The van der Waals surface area contributed by atoms with E-state index in [1.807, 2.05) is 38.4 Å². The zero-order chi connectivity index (χ0) is 18.1. The molecule has 132 valence electrons. The quantitative estimate of drug-likeness (QED) is 0.709. The van der Waals surface area contributed by atoms with Gasteiger partial charge in [0, 0.05) is 25.5 Å². The molecule has 2 aromatic carbocycles. The summed E-state index contributed by atoms with van der Waals surface area (Å²) in [6.07, 6.45) is 0. The summed E-state index contributed by atoms with van der Waals surface area (Å²) in [5.74, 6) is 2.21. The van der Waals surface area contributed by atoms with E-state index in [0.717, 1.165) is 39.2 Å². The summed E-state index contributed by atoms with van der Waals surface area (Å²) in [5.41, 5.74) is 4.15. The van der Waals surface area contributed by atoms with Crippen molar-refractivity contribution >= 4 is 23.2 Å². The van der Waals surface area contributed by atoms with Gasteiger partial charge in [0.2, 0.25) is 5.16 Å². The number of methoxy groups -OCH3 is 1. The molecule has 1 aliphatic rings. The Balaban J connectivity index is 1.75. The number of ether oxygens (including phenoxy) is 1. The molecule has 0 spiro atoms. The van der Waals surface area contributed by atoms with Crippen LogP contribution < -0.4 is 9.64 Å². The molecule has 1 aromatic heterocycles. The highest BCUT2D eigenvalue weighted by Gasteiger charge is 2.22. The maximum Gasteiger partial charge on any atom is 0.212 e. The lowest BCUT2D eigenvalue weighted by molar-refractivity contribution is 0.416. The molecule has 0 bridgehead atoms. The first-order valence-electron chi connectivity index (χ1n) is 8.24. The van der Waals surface area contributed by atoms with Crippen LogP contribution in [0.3, 0.4) is 0 Å². The number of rotatable bonds is 4. The van der Waals surface area contributed by atoms with E-state index in [9.17, 15) is 0 Å². The molecule has 0 unspecified atom stereocenters. The number of thioether (sulfide) groups is 1. The van der Waals surface area contributed by atoms with E-state index in [1.54, 1.807) is 23.5 Å². The van der Waals surface area contributed by atoms with Crippen LogP contribution >= 0.6 is 11.8 Å². The van der Waals surface area contributed by atoms with E-state index < -0.39 is 0 Å². The van der Waals surface area contributed by atoms with Gasteiger partial charge in [-0.15, -0.1) is 10.2 Å². The molecule has 6 nitrogen and oxygen atoms in total. The summed E-state index contributed by atoms with van der Waals surface area (Å²) in [4.78, 5) is 2.08. The van der Waals surface area contributed by atoms with Crippen LogP contribution in [0.5, 0.6) is 5.75 Å². The Hall–Kier alpha value is -2.80. The van der Waals surface area contributed by atoms with Gasteiger partial charge in [-0.2, -0.15) is 9.78 Å². The predicted molar refractivity (Wildman–Crippen MR) is 105 cm³/mol. The highest BCUT2D eigenvalue weighted by molar-refractivity contribution is 7.99. The van der Waals surface area contributed by atoms with E-state index >= 15 is 0 Å². The molecule has 0 N–H and O–H groups in total. The summed E-state index contributed by atoms with van der Waals surface area (Å²) < 4.78 is 7.27. The normalized spacial score (nSPS) is 13.1. The molecule has 1 aliphatic heterocycles. The molecule has 0 saturated heterocycles. The van der Waals surface area contributed by atoms with Crippen molar-refractivity contribution in [2.45, 2.75) is 5.16 Å². The van der Waals surface area contributed by atoms with Crippen LogP contribution in [0.1, 0.15) is 5.56 Å². The molecule has 0 radical (unpaired) electrons. The van der Waals surface area contributed by atoms with Crippen molar-refractivity contribution in [2.75, 3.05) is 31.9 Å². The van der Waals surface area contributed by atoms with Gasteiger partial charge in [0.15, 0.2) is 5.82 Å². The van der Waals surface area contributed by atoms with Crippen molar-refractivity contribution in [3.8, 4) is 17.1 Å². The van der Waals surface area contributed by atoms with E-state index in [2.05, 4.69) is 39.4 Å².